The minimum absolute atomic E-state index is 0. The van der Waals surface area contributed by atoms with Gasteiger partial charge in [0.2, 0.25) is 0 Å². The molecule has 0 saturated carbocycles. The molecule has 0 aromatic heterocycles. The van der Waals surface area contributed by atoms with Gasteiger partial charge in [-0.2, -0.15) is 0 Å². The molecular formula is C8H17KO2. The quantitative estimate of drug-likeness (QED) is 0.660. The molecule has 0 bridgehead atoms. The van der Waals surface area contributed by atoms with Crippen molar-refractivity contribution in [3.05, 3.63) is 0 Å². The van der Waals surface area contributed by atoms with E-state index in [1.807, 2.05) is 6.92 Å². The van der Waals surface area contributed by atoms with E-state index in [1.54, 1.807) is 0 Å². The molecule has 0 saturated heterocycles. The Morgan fingerprint density at radius 1 is 1.45 bits per heavy atom. The minimum atomic E-state index is -0.643. The summed E-state index contributed by atoms with van der Waals surface area (Å²) in [5, 5.41) is 8.60. The Kier molecular flexibility index (Phi) is 12.2. The van der Waals surface area contributed by atoms with Gasteiger partial charge in [0, 0.05) is 0 Å². The zero-order chi connectivity index (χ0) is 7.98. The van der Waals surface area contributed by atoms with E-state index in [0.29, 0.717) is 0 Å². The molecule has 0 aliphatic carbocycles. The molecule has 0 heterocycles. The van der Waals surface area contributed by atoms with Crippen molar-refractivity contribution < 1.29 is 9.90 Å². The van der Waals surface area contributed by atoms with Crippen LogP contribution in [0.5, 0.6) is 0 Å². The van der Waals surface area contributed by atoms with Gasteiger partial charge < -0.3 is 5.11 Å². The zero-order valence-electron chi connectivity index (χ0n) is 6.76. The Balaban J connectivity index is 0. The summed E-state index contributed by atoms with van der Waals surface area (Å²) >= 11 is 0. The van der Waals surface area contributed by atoms with E-state index in [2.05, 4.69) is 6.92 Å². The van der Waals surface area contributed by atoms with Gasteiger partial charge in [-0.25, -0.2) is 0 Å². The van der Waals surface area contributed by atoms with E-state index in [0.717, 1.165) is 25.7 Å². The maximum atomic E-state index is 10.4. The summed E-state index contributed by atoms with van der Waals surface area (Å²) in [6, 6.07) is 0. The van der Waals surface area contributed by atoms with Crippen molar-refractivity contribution in [1.82, 2.24) is 0 Å². The van der Waals surface area contributed by atoms with Crippen LogP contribution in [0, 0.1) is 5.92 Å². The van der Waals surface area contributed by atoms with Gasteiger partial charge in [-0.15, -0.1) is 0 Å². The van der Waals surface area contributed by atoms with E-state index in [4.69, 9.17) is 5.11 Å². The number of carbonyl (C=O) groups is 1. The van der Waals surface area contributed by atoms with Crippen LogP contribution >= 0.6 is 0 Å². The number of rotatable bonds is 5. The number of unbranched alkanes of at least 4 members (excludes halogenated alkanes) is 1. The first kappa shape index (κ1) is 14.6. The van der Waals surface area contributed by atoms with Crippen LogP contribution in [0.3, 0.4) is 0 Å². The Bertz CT molecular complexity index is 104. The van der Waals surface area contributed by atoms with Crippen LogP contribution in [0.1, 0.15) is 39.5 Å². The summed E-state index contributed by atoms with van der Waals surface area (Å²) in [5.41, 5.74) is 0. The fraction of sp³-hybridized carbons (Fsp3) is 0.875. The zero-order valence-corrected chi connectivity index (χ0v) is 6.76. The van der Waals surface area contributed by atoms with Gasteiger partial charge in [0.25, 0.3) is 0 Å². The van der Waals surface area contributed by atoms with Crippen LogP contribution in [0.25, 0.3) is 0 Å². The van der Waals surface area contributed by atoms with Gasteiger partial charge in [-0.3, -0.25) is 4.79 Å². The van der Waals surface area contributed by atoms with Crippen LogP contribution in [-0.2, 0) is 4.79 Å². The number of aliphatic carboxylic acids is 1. The molecule has 2 nitrogen and oxygen atoms in total. The van der Waals surface area contributed by atoms with Crippen LogP contribution in [0.15, 0.2) is 0 Å². The molecule has 0 aliphatic rings. The Labute approximate surface area is 111 Å². The molecule has 3 heteroatoms. The van der Waals surface area contributed by atoms with Crippen molar-refractivity contribution >= 4 is 57.4 Å². The van der Waals surface area contributed by atoms with Crippen molar-refractivity contribution in [2.24, 2.45) is 5.92 Å². The average molecular weight is 184 g/mol. The normalized spacial score (nSPS) is 11.8. The summed E-state index contributed by atoms with van der Waals surface area (Å²) < 4.78 is 0. The predicted octanol–water partition coefficient (Wildman–Crippen LogP) is 1.64. The van der Waals surface area contributed by atoms with E-state index < -0.39 is 5.97 Å². The van der Waals surface area contributed by atoms with Gasteiger partial charge >= 0.3 is 57.4 Å². The first-order valence-electron chi connectivity index (χ1n) is 3.95. The van der Waals surface area contributed by atoms with Crippen molar-refractivity contribution in [3.8, 4) is 0 Å². The van der Waals surface area contributed by atoms with Gasteiger partial charge in [-0.05, 0) is 12.8 Å². The SMILES string of the molecule is CCCCC(CC)C(=O)O.[KH]. The number of carboxylic acids is 1. The average Bonchev–Trinajstić information content (AvgIpc) is 1.89. The Morgan fingerprint density at radius 3 is 2.27 bits per heavy atom. The van der Waals surface area contributed by atoms with Crippen LogP contribution in [-0.4, -0.2) is 62.5 Å². The molecule has 0 amide bonds. The molecule has 0 spiro atoms. The van der Waals surface area contributed by atoms with Crippen molar-refractivity contribution in [1.29, 1.82) is 0 Å². The first-order chi connectivity index (χ1) is 4.72. The number of hydrogen-bond acceptors (Lipinski definition) is 1. The second-order valence-corrected chi connectivity index (χ2v) is 2.59. The first-order valence-corrected chi connectivity index (χ1v) is 3.95. The third kappa shape index (κ3) is 7.47. The van der Waals surface area contributed by atoms with E-state index in [-0.39, 0.29) is 57.3 Å². The fourth-order valence-corrected chi connectivity index (χ4v) is 0.953. The molecule has 0 fully saturated rings. The van der Waals surface area contributed by atoms with Crippen molar-refractivity contribution in [2.75, 3.05) is 0 Å². The molecule has 62 valence electrons. The van der Waals surface area contributed by atoms with Gasteiger partial charge in [-0.1, -0.05) is 26.7 Å². The summed E-state index contributed by atoms with van der Waals surface area (Å²) in [6.45, 7) is 4.00. The molecule has 1 unspecified atom stereocenters. The molecule has 0 aromatic carbocycles. The molecule has 11 heavy (non-hydrogen) atoms. The van der Waals surface area contributed by atoms with Crippen LogP contribution in [0.4, 0.5) is 0 Å². The van der Waals surface area contributed by atoms with E-state index in [1.165, 1.54) is 0 Å². The van der Waals surface area contributed by atoms with Gasteiger partial charge in [0.1, 0.15) is 0 Å². The predicted molar refractivity (Wildman–Crippen MR) is 48.1 cm³/mol. The third-order valence-corrected chi connectivity index (χ3v) is 1.75. The van der Waals surface area contributed by atoms with E-state index in [9.17, 15) is 4.79 Å². The molecular weight excluding hydrogens is 167 g/mol. The molecule has 0 rings (SSSR count). The summed E-state index contributed by atoms with van der Waals surface area (Å²) in [5.74, 6) is -0.754. The molecule has 0 aromatic rings. The van der Waals surface area contributed by atoms with E-state index >= 15 is 0 Å². The Hall–Kier alpha value is 1.11. The summed E-state index contributed by atoms with van der Waals surface area (Å²) in [6.07, 6.45) is 3.71. The molecule has 0 aliphatic heterocycles. The molecule has 1 atom stereocenters. The van der Waals surface area contributed by atoms with Gasteiger partial charge in [0.15, 0.2) is 0 Å². The van der Waals surface area contributed by atoms with Crippen LogP contribution < -0.4 is 0 Å². The fourth-order valence-electron chi connectivity index (χ4n) is 0.953. The summed E-state index contributed by atoms with van der Waals surface area (Å²) in [7, 11) is 0. The maximum absolute atomic E-state index is 10.4. The molecule has 1 N–H and O–H groups in total. The van der Waals surface area contributed by atoms with Gasteiger partial charge in [0.05, 0.1) is 5.92 Å². The van der Waals surface area contributed by atoms with Crippen LogP contribution in [0.2, 0.25) is 0 Å². The monoisotopic (exact) mass is 184 g/mol. The number of hydrogen-bond donors (Lipinski definition) is 1. The number of carboxylic acid groups (broad SMARTS) is 1. The second-order valence-electron chi connectivity index (χ2n) is 2.59. The topological polar surface area (TPSA) is 37.3 Å². The van der Waals surface area contributed by atoms with Crippen molar-refractivity contribution in [2.45, 2.75) is 39.5 Å². The van der Waals surface area contributed by atoms with Crippen molar-refractivity contribution in [3.63, 3.8) is 0 Å². The summed E-state index contributed by atoms with van der Waals surface area (Å²) in [4.78, 5) is 10.4. The third-order valence-electron chi connectivity index (χ3n) is 1.75. The molecule has 0 radical (unpaired) electrons. The second kappa shape index (κ2) is 9.20. The Morgan fingerprint density at radius 2 is 2.00 bits per heavy atom. The standard InChI is InChI=1S/C8H16O2.K.H/c1-3-5-6-7(4-2)8(9)10;;/h7H,3-6H2,1-2H3,(H,9,10);;.